The third-order valence-electron chi connectivity index (χ3n) is 4.14. The predicted octanol–water partition coefficient (Wildman–Crippen LogP) is 4.26. The number of anilines is 2. The number of benzene rings is 1. The van der Waals surface area contributed by atoms with Gasteiger partial charge in [0.05, 0.1) is 10.2 Å². The van der Waals surface area contributed by atoms with E-state index < -0.39 is 0 Å². The molecule has 0 amide bonds. The SMILES string of the molecule is CC1(CNc2nc3ccc(N)cc3s2)CCCCC1. The molecule has 3 rings (SSSR count). The van der Waals surface area contributed by atoms with Crippen LogP contribution in [-0.2, 0) is 0 Å². The lowest BCUT2D eigenvalue weighted by Gasteiger charge is -2.33. The topological polar surface area (TPSA) is 50.9 Å². The molecule has 1 aromatic carbocycles. The Kier molecular flexibility index (Phi) is 3.35. The van der Waals surface area contributed by atoms with Crippen LogP contribution in [0, 0.1) is 5.41 Å². The summed E-state index contributed by atoms with van der Waals surface area (Å²) in [6.07, 6.45) is 6.80. The first-order chi connectivity index (χ1) is 9.15. The normalized spacial score (nSPS) is 18.6. The van der Waals surface area contributed by atoms with Gasteiger partial charge in [-0.25, -0.2) is 4.98 Å². The van der Waals surface area contributed by atoms with Crippen LogP contribution in [0.5, 0.6) is 0 Å². The molecule has 102 valence electrons. The number of hydrogen-bond donors (Lipinski definition) is 2. The minimum absolute atomic E-state index is 0.440. The van der Waals surface area contributed by atoms with Gasteiger partial charge in [0.1, 0.15) is 0 Å². The van der Waals surface area contributed by atoms with Crippen molar-refractivity contribution in [2.45, 2.75) is 39.0 Å². The molecule has 0 saturated heterocycles. The fourth-order valence-electron chi connectivity index (χ4n) is 2.89. The van der Waals surface area contributed by atoms with E-state index in [1.165, 1.54) is 32.1 Å². The van der Waals surface area contributed by atoms with E-state index in [0.29, 0.717) is 5.41 Å². The number of thiazole rings is 1. The van der Waals surface area contributed by atoms with Gasteiger partial charge in [0, 0.05) is 12.2 Å². The molecule has 0 unspecified atom stereocenters. The van der Waals surface area contributed by atoms with Crippen LogP contribution in [-0.4, -0.2) is 11.5 Å². The minimum atomic E-state index is 0.440. The Bertz CT molecular complexity index is 570. The van der Waals surface area contributed by atoms with Gasteiger partial charge in [0.2, 0.25) is 0 Å². The number of aromatic nitrogens is 1. The van der Waals surface area contributed by atoms with Crippen molar-refractivity contribution >= 4 is 32.4 Å². The zero-order valence-electron chi connectivity index (χ0n) is 11.4. The zero-order chi connectivity index (χ0) is 13.3. The van der Waals surface area contributed by atoms with Gasteiger partial charge in [-0.15, -0.1) is 0 Å². The van der Waals surface area contributed by atoms with Crippen molar-refractivity contribution in [2.75, 3.05) is 17.6 Å². The van der Waals surface area contributed by atoms with Crippen LogP contribution >= 0.6 is 11.3 Å². The smallest absolute Gasteiger partial charge is 0.183 e. The number of fused-ring (bicyclic) bond motifs is 1. The maximum atomic E-state index is 5.80. The van der Waals surface area contributed by atoms with Crippen molar-refractivity contribution < 1.29 is 0 Å². The maximum absolute atomic E-state index is 5.80. The van der Waals surface area contributed by atoms with Crippen LogP contribution < -0.4 is 11.1 Å². The van der Waals surface area contributed by atoms with Gasteiger partial charge in [-0.2, -0.15) is 0 Å². The summed E-state index contributed by atoms with van der Waals surface area (Å²) in [6.45, 7) is 3.42. The fraction of sp³-hybridized carbons (Fsp3) is 0.533. The van der Waals surface area contributed by atoms with Crippen LogP contribution in [0.4, 0.5) is 10.8 Å². The zero-order valence-corrected chi connectivity index (χ0v) is 12.2. The third-order valence-corrected chi connectivity index (χ3v) is 5.12. The number of hydrogen-bond acceptors (Lipinski definition) is 4. The standard InChI is InChI=1S/C15H21N3S/c1-15(7-3-2-4-8-15)10-17-14-18-12-6-5-11(16)9-13(12)19-14/h5-6,9H,2-4,7-8,10,16H2,1H3,(H,17,18). The second kappa shape index (κ2) is 5.00. The molecule has 3 nitrogen and oxygen atoms in total. The van der Waals surface area contributed by atoms with E-state index in [1.54, 1.807) is 11.3 Å². The quantitative estimate of drug-likeness (QED) is 0.823. The van der Waals surface area contributed by atoms with Crippen molar-refractivity contribution in [3.8, 4) is 0 Å². The second-order valence-electron chi connectivity index (χ2n) is 5.97. The van der Waals surface area contributed by atoms with Crippen LogP contribution in [0.25, 0.3) is 10.2 Å². The summed E-state index contributed by atoms with van der Waals surface area (Å²) in [7, 11) is 0. The van der Waals surface area contributed by atoms with E-state index in [9.17, 15) is 0 Å². The molecule has 0 bridgehead atoms. The van der Waals surface area contributed by atoms with E-state index in [0.717, 1.165) is 27.6 Å². The number of nitrogens with zero attached hydrogens (tertiary/aromatic N) is 1. The molecule has 0 spiro atoms. The summed E-state index contributed by atoms with van der Waals surface area (Å²) in [5.41, 5.74) is 8.09. The molecule has 1 fully saturated rings. The fourth-order valence-corrected chi connectivity index (χ4v) is 3.80. The lowest BCUT2D eigenvalue weighted by Crippen LogP contribution is -2.28. The summed E-state index contributed by atoms with van der Waals surface area (Å²) < 4.78 is 1.16. The van der Waals surface area contributed by atoms with Gasteiger partial charge in [-0.1, -0.05) is 37.5 Å². The highest BCUT2D eigenvalue weighted by Crippen LogP contribution is 2.36. The molecule has 1 aromatic heterocycles. The Labute approximate surface area is 118 Å². The van der Waals surface area contributed by atoms with Crippen molar-refractivity contribution in [3.63, 3.8) is 0 Å². The number of nitrogens with one attached hydrogen (secondary N) is 1. The maximum Gasteiger partial charge on any atom is 0.183 e. The Hall–Kier alpha value is -1.29. The Morgan fingerprint density at radius 1 is 1.32 bits per heavy atom. The van der Waals surface area contributed by atoms with Crippen molar-refractivity contribution in [1.29, 1.82) is 0 Å². The molecular formula is C15H21N3S. The molecule has 2 aromatic rings. The van der Waals surface area contributed by atoms with E-state index in [4.69, 9.17) is 5.73 Å². The van der Waals surface area contributed by atoms with E-state index in [2.05, 4.69) is 17.2 Å². The van der Waals surface area contributed by atoms with Gasteiger partial charge in [0.15, 0.2) is 5.13 Å². The van der Waals surface area contributed by atoms with Gasteiger partial charge >= 0.3 is 0 Å². The van der Waals surface area contributed by atoms with Gasteiger partial charge in [-0.3, -0.25) is 0 Å². The van der Waals surface area contributed by atoms with E-state index in [-0.39, 0.29) is 0 Å². The molecule has 1 heterocycles. The molecule has 1 aliphatic carbocycles. The first-order valence-corrected chi connectivity index (χ1v) is 7.86. The molecule has 3 N–H and O–H groups in total. The third kappa shape index (κ3) is 2.84. The average molecular weight is 275 g/mol. The average Bonchev–Trinajstić information content (AvgIpc) is 2.79. The molecule has 1 aliphatic rings. The van der Waals surface area contributed by atoms with Crippen LogP contribution in [0.1, 0.15) is 39.0 Å². The highest BCUT2D eigenvalue weighted by atomic mass is 32.1. The largest absolute Gasteiger partial charge is 0.399 e. The molecule has 0 atom stereocenters. The highest BCUT2D eigenvalue weighted by Gasteiger charge is 2.26. The Balaban J connectivity index is 1.71. The van der Waals surface area contributed by atoms with Crippen LogP contribution in [0.3, 0.4) is 0 Å². The van der Waals surface area contributed by atoms with E-state index >= 15 is 0 Å². The Morgan fingerprint density at radius 3 is 2.89 bits per heavy atom. The Morgan fingerprint density at radius 2 is 2.11 bits per heavy atom. The monoisotopic (exact) mass is 275 g/mol. The summed E-state index contributed by atoms with van der Waals surface area (Å²) in [5.74, 6) is 0. The minimum Gasteiger partial charge on any atom is -0.399 e. The van der Waals surface area contributed by atoms with Gasteiger partial charge in [0.25, 0.3) is 0 Å². The first kappa shape index (κ1) is 12.7. The molecule has 4 heteroatoms. The molecule has 1 saturated carbocycles. The van der Waals surface area contributed by atoms with Crippen LogP contribution in [0.2, 0.25) is 0 Å². The van der Waals surface area contributed by atoms with Gasteiger partial charge < -0.3 is 11.1 Å². The number of rotatable bonds is 3. The van der Waals surface area contributed by atoms with Crippen molar-refractivity contribution in [3.05, 3.63) is 18.2 Å². The van der Waals surface area contributed by atoms with E-state index in [1.807, 2.05) is 18.2 Å². The van der Waals surface area contributed by atoms with Crippen molar-refractivity contribution in [2.24, 2.45) is 5.41 Å². The summed E-state index contributed by atoms with van der Waals surface area (Å²) in [6, 6.07) is 5.91. The summed E-state index contributed by atoms with van der Waals surface area (Å²) >= 11 is 1.70. The predicted molar refractivity (Wildman–Crippen MR) is 83.7 cm³/mol. The molecular weight excluding hydrogens is 254 g/mol. The molecule has 0 aliphatic heterocycles. The second-order valence-corrected chi connectivity index (χ2v) is 7.00. The van der Waals surface area contributed by atoms with Crippen molar-refractivity contribution in [1.82, 2.24) is 4.98 Å². The molecule has 0 radical (unpaired) electrons. The lowest BCUT2D eigenvalue weighted by molar-refractivity contribution is 0.233. The summed E-state index contributed by atoms with van der Waals surface area (Å²) in [5, 5.41) is 4.55. The molecule has 19 heavy (non-hydrogen) atoms. The van der Waals surface area contributed by atoms with Crippen LogP contribution in [0.15, 0.2) is 18.2 Å². The lowest BCUT2D eigenvalue weighted by atomic mass is 9.76. The summed E-state index contributed by atoms with van der Waals surface area (Å²) in [4.78, 5) is 4.62. The number of nitrogen functional groups attached to an aromatic ring is 1. The highest BCUT2D eigenvalue weighted by molar-refractivity contribution is 7.22. The first-order valence-electron chi connectivity index (χ1n) is 7.05. The number of nitrogens with two attached hydrogens (primary N) is 1. The van der Waals surface area contributed by atoms with Gasteiger partial charge in [-0.05, 0) is 36.5 Å².